The van der Waals surface area contributed by atoms with Crippen molar-refractivity contribution in [2.75, 3.05) is 0 Å². The summed E-state index contributed by atoms with van der Waals surface area (Å²) in [6.45, 7) is 3.99. The van der Waals surface area contributed by atoms with E-state index in [9.17, 15) is 4.79 Å². The first-order valence-electron chi connectivity index (χ1n) is 6.84. The van der Waals surface area contributed by atoms with E-state index < -0.39 is 0 Å². The molecule has 0 spiro atoms. The first kappa shape index (κ1) is 14.3. The number of aromatic nitrogens is 2. The fourth-order valence-electron chi connectivity index (χ4n) is 2.43. The van der Waals surface area contributed by atoms with Crippen molar-refractivity contribution >= 4 is 33.2 Å². The van der Waals surface area contributed by atoms with Crippen molar-refractivity contribution in [3.8, 4) is 11.1 Å². The number of nitrogens with one attached hydrogen (secondary N) is 1. The molecule has 0 saturated heterocycles. The fraction of sp³-hybridized carbons (Fsp3) is 0.250. The van der Waals surface area contributed by atoms with Crippen LogP contribution in [0.3, 0.4) is 0 Å². The molecule has 3 rings (SSSR count). The molecule has 1 unspecified atom stereocenters. The summed E-state index contributed by atoms with van der Waals surface area (Å²) in [6.07, 6.45) is 0.728. The summed E-state index contributed by atoms with van der Waals surface area (Å²) in [5.74, 6) is 0.553. The summed E-state index contributed by atoms with van der Waals surface area (Å²) in [6, 6.07) is 9.93. The Kier molecular flexibility index (Phi) is 3.83. The number of benzene rings is 1. The van der Waals surface area contributed by atoms with E-state index in [4.69, 9.17) is 11.6 Å². The number of H-pyrrole nitrogens is 1. The maximum Gasteiger partial charge on any atom is 0.260 e. The molecule has 21 heavy (non-hydrogen) atoms. The highest BCUT2D eigenvalue weighted by atomic mass is 35.5. The van der Waals surface area contributed by atoms with Crippen LogP contribution in [-0.4, -0.2) is 9.97 Å². The van der Waals surface area contributed by atoms with Gasteiger partial charge in [0.2, 0.25) is 0 Å². The molecule has 2 aromatic heterocycles. The van der Waals surface area contributed by atoms with Crippen molar-refractivity contribution in [3.05, 3.63) is 51.4 Å². The molecule has 1 aromatic carbocycles. The van der Waals surface area contributed by atoms with Crippen molar-refractivity contribution in [2.24, 2.45) is 0 Å². The first-order chi connectivity index (χ1) is 10.1. The predicted molar refractivity (Wildman–Crippen MR) is 89.3 cm³/mol. The Balaban J connectivity index is 2.29. The number of rotatable bonds is 3. The summed E-state index contributed by atoms with van der Waals surface area (Å²) >= 11 is 7.74. The van der Waals surface area contributed by atoms with Gasteiger partial charge in [-0.2, -0.15) is 0 Å². The lowest BCUT2D eigenvalue weighted by atomic mass is 10.0. The number of aryl methyl sites for hydroxylation is 1. The third-order valence-corrected chi connectivity index (χ3v) is 4.99. The minimum absolute atomic E-state index is 0.114. The standard InChI is InChI=1S/C16H15ClN2OS/c1-3-11(17)14-18-15(20)13-12(9(2)21-16(13)19-14)10-7-5-4-6-8-10/h4-8,11H,3H2,1-2H3,(H,18,19,20). The van der Waals surface area contributed by atoms with Gasteiger partial charge in [-0.15, -0.1) is 22.9 Å². The molecule has 0 fully saturated rings. The summed E-state index contributed by atoms with van der Waals surface area (Å²) in [7, 11) is 0. The Morgan fingerprint density at radius 3 is 2.71 bits per heavy atom. The smallest absolute Gasteiger partial charge is 0.260 e. The van der Waals surface area contributed by atoms with Gasteiger partial charge in [0.05, 0.1) is 10.8 Å². The Labute approximate surface area is 131 Å². The van der Waals surface area contributed by atoms with Gasteiger partial charge in [-0.25, -0.2) is 4.98 Å². The molecule has 3 nitrogen and oxygen atoms in total. The Hall–Kier alpha value is -1.65. The SMILES string of the molecule is CCC(Cl)c1nc2sc(C)c(-c3ccccc3)c2c(=O)[nH]1. The van der Waals surface area contributed by atoms with Crippen LogP contribution < -0.4 is 5.56 Å². The lowest BCUT2D eigenvalue weighted by molar-refractivity contribution is 0.807. The van der Waals surface area contributed by atoms with Crippen LogP contribution in [0.4, 0.5) is 0 Å². The van der Waals surface area contributed by atoms with Gasteiger partial charge in [0.25, 0.3) is 5.56 Å². The maximum atomic E-state index is 12.5. The zero-order chi connectivity index (χ0) is 15.0. The minimum atomic E-state index is -0.260. The van der Waals surface area contributed by atoms with E-state index in [2.05, 4.69) is 9.97 Å². The average molecular weight is 319 g/mol. The first-order valence-corrected chi connectivity index (χ1v) is 8.10. The summed E-state index contributed by atoms with van der Waals surface area (Å²) < 4.78 is 0. The van der Waals surface area contributed by atoms with Gasteiger partial charge < -0.3 is 4.98 Å². The van der Waals surface area contributed by atoms with Crippen molar-refractivity contribution in [1.29, 1.82) is 0 Å². The Morgan fingerprint density at radius 2 is 2.05 bits per heavy atom. The summed E-state index contributed by atoms with van der Waals surface area (Å²) in [5, 5.41) is 0.400. The number of nitrogens with zero attached hydrogens (tertiary/aromatic N) is 1. The molecule has 0 aliphatic carbocycles. The van der Waals surface area contributed by atoms with Gasteiger partial charge in [0.1, 0.15) is 10.7 Å². The van der Waals surface area contributed by atoms with E-state index in [1.807, 2.05) is 44.2 Å². The molecule has 1 N–H and O–H groups in total. The van der Waals surface area contributed by atoms with Crippen LogP contribution in [0.2, 0.25) is 0 Å². The molecular weight excluding hydrogens is 304 g/mol. The molecule has 1 atom stereocenters. The average Bonchev–Trinajstić information content (AvgIpc) is 2.83. The molecule has 0 radical (unpaired) electrons. The molecule has 0 bridgehead atoms. The van der Waals surface area contributed by atoms with Crippen LogP contribution in [0.15, 0.2) is 35.1 Å². The molecule has 0 aliphatic rings. The zero-order valence-corrected chi connectivity index (χ0v) is 13.4. The van der Waals surface area contributed by atoms with Gasteiger partial charge in [-0.3, -0.25) is 4.79 Å². The number of hydrogen-bond acceptors (Lipinski definition) is 3. The third kappa shape index (κ3) is 2.49. The maximum absolute atomic E-state index is 12.5. The summed E-state index contributed by atoms with van der Waals surface area (Å²) in [4.78, 5) is 21.7. The molecular formula is C16H15ClN2OS. The van der Waals surface area contributed by atoms with Gasteiger partial charge in [-0.1, -0.05) is 37.3 Å². The van der Waals surface area contributed by atoms with Crippen LogP contribution in [0.1, 0.15) is 29.4 Å². The molecule has 0 aliphatic heterocycles. The van der Waals surface area contributed by atoms with E-state index in [0.29, 0.717) is 11.2 Å². The lowest BCUT2D eigenvalue weighted by Gasteiger charge is -2.05. The quantitative estimate of drug-likeness (QED) is 0.714. The van der Waals surface area contributed by atoms with Gasteiger partial charge in [0.15, 0.2) is 0 Å². The van der Waals surface area contributed by atoms with E-state index in [1.165, 1.54) is 0 Å². The highest BCUT2D eigenvalue weighted by Crippen LogP contribution is 2.36. The summed E-state index contributed by atoms with van der Waals surface area (Å²) in [5.41, 5.74) is 1.90. The van der Waals surface area contributed by atoms with Crippen LogP contribution in [-0.2, 0) is 0 Å². The second-order valence-corrected chi connectivity index (χ2v) is 6.64. The number of alkyl halides is 1. The van der Waals surface area contributed by atoms with Crippen molar-refractivity contribution in [2.45, 2.75) is 25.6 Å². The second kappa shape index (κ2) is 5.62. The predicted octanol–water partition coefficient (Wildman–Crippen LogP) is 4.65. The molecule has 3 aromatic rings. The molecule has 5 heteroatoms. The second-order valence-electron chi connectivity index (χ2n) is 4.91. The van der Waals surface area contributed by atoms with Crippen molar-refractivity contribution in [1.82, 2.24) is 9.97 Å². The number of halogens is 1. The highest BCUT2D eigenvalue weighted by Gasteiger charge is 2.18. The van der Waals surface area contributed by atoms with E-state index in [1.54, 1.807) is 11.3 Å². The third-order valence-electron chi connectivity index (χ3n) is 3.47. The van der Waals surface area contributed by atoms with Crippen molar-refractivity contribution < 1.29 is 0 Å². The van der Waals surface area contributed by atoms with Crippen LogP contribution in [0.25, 0.3) is 21.3 Å². The monoisotopic (exact) mass is 318 g/mol. The van der Waals surface area contributed by atoms with Crippen LogP contribution >= 0.6 is 22.9 Å². The lowest BCUT2D eigenvalue weighted by Crippen LogP contribution is -2.12. The van der Waals surface area contributed by atoms with E-state index in [0.717, 1.165) is 27.3 Å². The topological polar surface area (TPSA) is 45.8 Å². The van der Waals surface area contributed by atoms with E-state index in [-0.39, 0.29) is 10.9 Å². The Bertz CT molecular complexity index is 839. The highest BCUT2D eigenvalue weighted by molar-refractivity contribution is 7.19. The van der Waals surface area contributed by atoms with Crippen LogP contribution in [0.5, 0.6) is 0 Å². The fourth-order valence-corrected chi connectivity index (χ4v) is 3.59. The minimum Gasteiger partial charge on any atom is -0.309 e. The Morgan fingerprint density at radius 1 is 1.33 bits per heavy atom. The number of aromatic amines is 1. The number of hydrogen-bond donors (Lipinski definition) is 1. The zero-order valence-electron chi connectivity index (χ0n) is 11.8. The molecule has 108 valence electrons. The number of fused-ring (bicyclic) bond motifs is 1. The molecule has 0 amide bonds. The van der Waals surface area contributed by atoms with Gasteiger partial charge in [0, 0.05) is 10.4 Å². The largest absolute Gasteiger partial charge is 0.309 e. The van der Waals surface area contributed by atoms with Crippen LogP contribution in [0, 0.1) is 6.92 Å². The number of thiophene rings is 1. The van der Waals surface area contributed by atoms with Crippen molar-refractivity contribution in [3.63, 3.8) is 0 Å². The molecule has 0 saturated carbocycles. The van der Waals surface area contributed by atoms with Gasteiger partial charge in [-0.05, 0) is 18.9 Å². The van der Waals surface area contributed by atoms with E-state index >= 15 is 0 Å². The normalized spacial score (nSPS) is 12.7. The van der Waals surface area contributed by atoms with Gasteiger partial charge >= 0.3 is 0 Å². The molecule has 2 heterocycles.